The van der Waals surface area contributed by atoms with Gasteiger partial charge in [-0.1, -0.05) is 38.5 Å². The van der Waals surface area contributed by atoms with Gasteiger partial charge in [0.25, 0.3) is 0 Å². The van der Waals surface area contributed by atoms with Gasteiger partial charge in [-0.15, -0.1) is 0 Å². The summed E-state index contributed by atoms with van der Waals surface area (Å²) in [5.41, 5.74) is 1.84. The largest absolute Gasteiger partial charge is 0.466 e. The summed E-state index contributed by atoms with van der Waals surface area (Å²) >= 11 is 0. The topological polar surface area (TPSA) is 66.8 Å². The van der Waals surface area contributed by atoms with E-state index in [1.54, 1.807) is 6.08 Å². The van der Waals surface area contributed by atoms with Crippen LogP contribution in [0.5, 0.6) is 0 Å². The maximum atomic E-state index is 11.4. The summed E-state index contributed by atoms with van der Waals surface area (Å²) in [5, 5.41) is 21.0. The van der Waals surface area contributed by atoms with Gasteiger partial charge in [0.05, 0.1) is 19.3 Å². The lowest BCUT2D eigenvalue weighted by molar-refractivity contribution is -0.180. The molecule has 0 amide bonds. The monoisotopic (exact) mass is 350 g/mol. The van der Waals surface area contributed by atoms with Crippen LogP contribution in [-0.2, 0) is 9.53 Å². The van der Waals surface area contributed by atoms with Crippen molar-refractivity contribution in [2.75, 3.05) is 7.11 Å². The highest BCUT2D eigenvalue weighted by Crippen LogP contribution is 2.61. The lowest BCUT2D eigenvalue weighted by Crippen LogP contribution is -2.60. The van der Waals surface area contributed by atoms with E-state index in [2.05, 4.69) is 27.4 Å². The average Bonchev–Trinajstić information content (AvgIpc) is 2.51. The Morgan fingerprint density at radius 3 is 2.60 bits per heavy atom. The van der Waals surface area contributed by atoms with Crippen LogP contribution in [-0.4, -0.2) is 35.5 Å². The molecule has 2 aliphatic rings. The van der Waals surface area contributed by atoms with E-state index in [0.717, 1.165) is 31.3 Å². The van der Waals surface area contributed by atoms with Gasteiger partial charge in [0.15, 0.2) is 0 Å². The van der Waals surface area contributed by atoms with Gasteiger partial charge in [0.1, 0.15) is 0 Å². The van der Waals surface area contributed by atoms with Gasteiger partial charge in [-0.2, -0.15) is 0 Å². The molecule has 0 aromatic carbocycles. The molecule has 0 spiro atoms. The Balaban J connectivity index is 2.23. The van der Waals surface area contributed by atoms with Crippen molar-refractivity contribution in [3.63, 3.8) is 0 Å². The Morgan fingerprint density at radius 1 is 1.36 bits per heavy atom. The highest BCUT2D eigenvalue weighted by atomic mass is 16.5. The van der Waals surface area contributed by atoms with Crippen molar-refractivity contribution in [2.24, 2.45) is 22.7 Å². The Bertz CT molecular complexity index is 562. The van der Waals surface area contributed by atoms with Crippen molar-refractivity contribution >= 4 is 5.97 Å². The molecular weight excluding hydrogens is 316 g/mol. The van der Waals surface area contributed by atoms with Crippen LogP contribution in [0.4, 0.5) is 0 Å². The third kappa shape index (κ3) is 3.70. The first-order chi connectivity index (χ1) is 11.5. The lowest BCUT2D eigenvalue weighted by Gasteiger charge is -2.60. The molecule has 0 aromatic heterocycles. The predicted molar refractivity (Wildman–Crippen MR) is 98.9 cm³/mol. The minimum absolute atomic E-state index is 0.0803. The molecule has 2 N–H and O–H groups in total. The molecule has 2 rings (SSSR count). The van der Waals surface area contributed by atoms with Gasteiger partial charge in [-0.25, -0.2) is 4.79 Å². The smallest absolute Gasteiger partial charge is 0.330 e. The number of ether oxygens (including phenoxy) is 1. The van der Waals surface area contributed by atoms with E-state index in [9.17, 15) is 15.0 Å². The zero-order valence-corrected chi connectivity index (χ0v) is 16.3. The maximum absolute atomic E-state index is 11.4. The van der Waals surface area contributed by atoms with Gasteiger partial charge >= 0.3 is 5.97 Å². The summed E-state index contributed by atoms with van der Waals surface area (Å²) in [6.45, 7) is 12.7. The van der Waals surface area contributed by atoms with Crippen LogP contribution in [0.15, 0.2) is 23.8 Å². The van der Waals surface area contributed by atoms with Gasteiger partial charge in [-0.3, -0.25) is 0 Å². The summed E-state index contributed by atoms with van der Waals surface area (Å²) < 4.78 is 4.70. The van der Waals surface area contributed by atoms with E-state index in [1.165, 1.54) is 12.7 Å². The molecule has 0 bridgehead atoms. The van der Waals surface area contributed by atoms with E-state index in [-0.39, 0.29) is 22.7 Å². The van der Waals surface area contributed by atoms with E-state index in [4.69, 9.17) is 4.74 Å². The number of esters is 1. The Morgan fingerprint density at radius 2 is 2.00 bits per heavy atom. The van der Waals surface area contributed by atoms with E-state index >= 15 is 0 Å². The van der Waals surface area contributed by atoms with Gasteiger partial charge < -0.3 is 14.9 Å². The highest BCUT2D eigenvalue weighted by Gasteiger charge is 2.58. The quantitative estimate of drug-likeness (QED) is 0.462. The minimum Gasteiger partial charge on any atom is -0.466 e. The first-order valence-corrected chi connectivity index (χ1v) is 9.33. The number of hydrogen-bond donors (Lipinski definition) is 2. The van der Waals surface area contributed by atoms with Crippen LogP contribution >= 0.6 is 0 Å². The van der Waals surface area contributed by atoms with Gasteiger partial charge in [0, 0.05) is 6.08 Å². The summed E-state index contributed by atoms with van der Waals surface area (Å²) in [4.78, 5) is 11.4. The fourth-order valence-electron chi connectivity index (χ4n) is 5.55. The fourth-order valence-corrected chi connectivity index (χ4v) is 5.55. The number of aliphatic hydroxyl groups is 2. The Hall–Kier alpha value is -1.13. The second-order valence-electron chi connectivity index (χ2n) is 8.90. The van der Waals surface area contributed by atoms with Crippen molar-refractivity contribution in [1.82, 2.24) is 0 Å². The van der Waals surface area contributed by atoms with Gasteiger partial charge in [0.2, 0.25) is 0 Å². The molecule has 0 radical (unpaired) electrons. The van der Waals surface area contributed by atoms with Crippen molar-refractivity contribution in [2.45, 2.75) is 72.0 Å². The molecular formula is C21H34O4. The normalized spacial score (nSPS) is 38.2. The Labute approximate surface area is 152 Å². The molecule has 0 aromatic rings. The van der Waals surface area contributed by atoms with Crippen LogP contribution < -0.4 is 0 Å². The number of aliphatic hydroxyl groups excluding tert-OH is 2. The molecule has 0 heterocycles. The molecule has 2 aliphatic carbocycles. The molecule has 0 unspecified atom stereocenters. The number of fused-ring (bicyclic) bond motifs is 1. The second-order valence-corrected chi connectivity index (χ2v) is 8.90. The number of allylic oxidation sites excluding steroid dienone is 2. The highest BCUT2D eigenvalue weighted by molar-refractivity contribution is 5.82. The number of hydrogen-bond acceptors (Lipinski definition) is 4. The molecule has 142 valence electrons. The van der Waals surface area contributed by atoms with Crippen LogP contribution in [0.25, 0.3) is 0 Å². The van der Waals surface area contributed by atoms with Crippen LogP contribution in [0.2, 0.25) is 0 Å². The van der Waals surface area contributed by atoms with Crippen LogP contribution in [0, 0.1) is 22.7 Å². The van der Waals surface area contributed by atoms with E-state index in [1.807, 2.05) is 6.92 Å². The number of methoxy groups -OCH3 is 1. The third-order valence-corrected chi connectivity index (χ3v) is 6.91. The standard InChI is InChI=1S/C21H34O4/c1-13(11-18(23)25-6)7-9-15-14(2)8-10-17-20(3,4)19(24)16(22)12-21(15,17)5/h11,15-17,19,22,24H,2,7-10,12H2,1,3-6H3/b13-11+/t15-,16-,17-,19-,21+/m0/s1. The molecule has 0 saturated heterocycles. The first-order valence-electron chi connectivity index (χ1n) is 9.33. The van der Waals surface area contributed by atoms with Crippen molar-refractivity contribution in [3.8, 4) is 0 Å². The first kappa shape index (κ1) is 20.2. The summed E-state index contributed by atoms with van der Waals surface area (Å²) in [6, 6.07) is 0. The summed E-state index contributed by atoms with van der Waals surface area (Å²) in [6.07, 6.45) is 4.47. The average molecular weight is 350 g/mol. The van der Waals surface area contributed by atoms with Gasteiger partial charge in [-0.05, 0) is 61.7 Å². The molecule has 0 aliphatic heterocycles. The number of rotatable bonds is 4. The Kier molecular flexibility index (Phi) is 5.85. The van der Waals surface area contributed by atoms with E-state index < -0.39 is 12.2 Å². The SMILES string of the molecule is C=C1CC[C@H]2C(C)(C)[C@@H](O)[C@@H](O)C[C@]2(C)[C@H]1CC/C(C)=C/C(=O)OC. The summed E-state index contributed by atoms with van der Waals surface area (Å²) in [5.74, 6) is 0.314. The second kappa shape index (κ2) is 7.24. The molecule has 25 heavy (non-hydrogen) atoms. The fraction of sp³-hybridized carbons (Fsp3) is 0.762. The lowest BCUT2D eigenvalue weighted by atomic mass is 9.46. The third-order valence-electron chi connectivity index (χ3n) is 6.91. The van der Waals surface area contributed by atoms with Crippen LogP contribution in [0.3, 0.4) is 0 Å². The number of carbonyl (C=O) groups is 1. The minimum atomic E-state index is -0.698. The van der Waals surface area contributed by atoms with Crippen molar-refractivity contribution in [1.29, 1.82) is 0 Å². The van der Waals surface area contributed by atoms with E-state index in [0.29, 0.717) is 12.3 Å². The zero-order chi connectivity index (χ0) is 19.0. The maximum Gasteiger partial charge on any atom is 0.330 e. The van der Waals surface area contributed by atoms with Crippen molar-refractivity contribution in [3.05, 3.63) is 23.8 Å². The zero-order valence-electron chi connectivity index (χ0n) is 16.3. The molecule has 2 saturated carbocycles. The van der Waals surface area contributed by atoms with Crippen molar-refractivity contribution < 1.29 is 19.7 Å². The predicted octanol–water partition coefficient (Wildman–Crippen LogP) is 3.63. The molecule has 2 fully saturated rings. The molecule has 5 atom stereocenters. The summed E-state index contributed by atoms with van der Waals surface area (Å²) in [7, 11) is 1.39. The van der Waals surface area contributed by atoms with Crippen LogP contribution in [0.1, 0.15) is 59.8 Å². The number of carbonyl (C=O) groups excluding carboxylic acids is 1. The molecule has 4 heteroatoms. The molecule has 4 nitrogen and oxygen atoms in total.